The lowest BCUT2D eigenvalue weighted by Gasteiger charge is -2.32. The molecule has 0 spiro atoms. The SMILES string of the molecule is CC1(C)OB(/C=C/c2cnccc2CCCO)OC1(C)C. The molecule has 21 heavy (non-hydrogen) atoms. The Morgan fingerprint density at radius 1 is 1.24 bits per heavy atom. The summed E-state index contributed by atoms with van der Waals surface area (Å²) < 4.78 is 11.9. The zero-order valence-corrected chi connectivity index (χ0v) is 13.3. The predicted octanol–water partition coefficient (Wildman–Crippen LogP) is 2.65. The monoisotopic (exact) mass is 289 g/mol. The maximum Gasteiger partial charge on any atom is 0.487 e. The van der Waals surface area contributed by atoms with Crippen LogP contribution in [0.4, 0.5) is 0 Å². The van der Waals surface area contributed by atoms with Crippen molar-refractivity contribution >= 4 is 13.2 Å². The first-order valence-electron chi connectivity index (χ1n) is 7.43. The van der Waals surface area contributed by atoms with Crippen LogP contribution >= 0.6 is 0 Å². The highest BCUT2D eigenvalue weighted by molar-refractivity contribution is 6.52. The largest absolute Gasteiger partial charge is 0.487 e. The molecule has 1 aromatic rings. The Hall–Kier alpha value is -1.17. The van der Waals surface area contributed by atoms with Crippen molar-refractivity contribution < 1.29 is 14.4 Å². The Labute approximate surface area is 127 Å². The first kappa shape index (κ1) is 16.2. The number of pyridine rings is 1. The summed E-state index contributed by atoms with van der Waals surface area (Å²) in [5.74, 6) is 1.93. The van der Waals surface area contributed by atoms with Crippen LogP contribution < -0.4 is 0 Å². The van der Waals surface area contributed by atoms with Crippen LogP contribution in [-0.2, 0) is 15.7 Å². The second-order valence-corrected chi connectivity index (χ2v) is 6.39. The van der Waals surface area contributed by atoms with Gasteiger partial charge in [-0.1, -0.05) is 12.1 Å². The normalized spacial score (nSPS) is 20.3. The van der Waals surface area contributed by atoms with Crippen LogP contribution in [0.2, 0.25) is 0 Å². The van der Waals surface area contributed by atoms with Gasteiger partial charge in [-0.05, 0) is 57.7 Å². The fourth-order valence-electron chi connectivity index (χ4n) is 2.23. The third-order valence-electron chi connectivity index (χ3n) is 4.25. The Balaban J connectivity index is 2.09. The van der Waals surface area contributed by atoms with Crippen molar-refractivity contribution in [2.45, 2.75) is 51.7 Å². The zero-order valence-electron chi connectivity index (χ0n) is 13.3. The predicted molar refractivity (Wildman–Crippen MR) is 84.8 cm³/mol. The van der Waals surface area contributed by atoms with Gasteiger partial charge in [-0.15, -0.1) is 0 Å². The van der Waals surface area contributed by atoms with Crippen molar-refractivity contribution in [3.05, 3.63) is 35.6 Å². The van der Waals surface area contributed by atoms with Crippen LogP contribution in [0, 0.1) is 0 Å². The highest BCUT2D eigenvalue weighted by Crippen LogP contribution is 2.37. The van der Waals surface area contributed by atoms with Crippen LogP contribution in [0.15, 0.2) is 24.4 Å². The van der Waals surface area contributed by atoms with Gasteiger partial charge in [0.1, 0.15) is 0 Å². The lowest BCUT2D eigenvalue weighted by Crippen LogP contribution is -2.41. The summed E-state index contributed by atoms with van der Waals surface area (Å²) in [4.78, 5) is 4.16. The van der Waals surface area contributed by atoms with Gasteiger partial charge < -0.3 is 14.4 Å². The van der Waals surface area contributed by atoms with E-state index in [2.05, 4.69) is 4.98 Å². The average molecular weight is 289 g/mol. The molecule has 0 bridgehead atoms. The van der Waals surface area contributed by atoms with Crippen LogP contribution in [-0.4, -0.2) is 35.0 Å². The highest BCUT2D eigenvalue weighted by Gasteiger charge is 2.49. The third kappa shape index (κ3) is 3.73. The lowest BCUT2D eigenvalue weighted by molar-refractivity contribution is 0.00578. The quantitative estimate of drug-likeness (QED) is 0.847. The Morgan fingerprint density at radius 3 is 2.52 bits per heavy atom. The number of nitrogens with zero attached hydrogens (tertiary/aromatic N) is 1. The van der Waals surface area contributed by atoms with E-state index in [-0.39, 0.29) is 24.9 Å². The van der Waals surface area contributed by atoms with Crippen LogP contribution in [0.1, 0.15) is 45.2 Å². The molecule has 1 saturated heterocycles. The van der Waals surface area contributed by atoms with Gasteiger partial charge in [0.25, 0.3) is 0 Å². The van der Waals surface area contributed by atoms with Gasteiger partial charge >= 0.3 is 7.12 Å². The van der Waals surface area contributed by atoms with Gasteiger partial charge in [0.2, 0.25) is 0 Å². The van der Waals surface area contributed by atoms with E-state index in [0.29, 0.717) is 0 Å². The minimum atomic E-state index is -0.346. The minimum absolute atomic E-state index is 0.197. The molecule has 114 valence electrons. The van der Waals surface area contributed by atoms with E-state index >= 15 is 0 Å². The topological polar surface area (TPSA) is 51.6 Å². The summed E-state index contributed by atoms with van der Waals surface area (Å²) in [6.45, 7) is 8.35. The second kappa shape index (κ2) is 6.30. The van der Waals surface area contributed by atoms with Gasteiger partial charge in [-0.3, -0.25) is 4.98 Å². The van der Waals surface area contributed by atoms with Gasteiger partial charge in [0.05, 0.1) is 11.2 Å². The van der Waals surface area contributed by atoms with Gasteiger partial charge in [0.15, 0.2) is 0 Å². The van der Waals surface area contributed by atoms with E-state index in [9.17, 15) is 0 Å². The molecule has 2 heterocycles. The van der Waals surface area contributed by atoms with Crippen molar-refractivity contribution in [2.24, 2.45) is 0 Å². The molecule has 4 nitrogen and oxygen atoms in total. The van der Waals surface area contributed by atoms with Gasteiger partial charge in [-0.25, -0.2) is 0 Å². The smallest absolute Gasteiger partial charge is 0.400 e. The average Bonchev–Trinajstić information content (AvgIpc) is 2.63. The standard InChI is InChI=1S/C16H24BNO3/c1-15(2)16(3,4)21-17(20-15)9-7-14-12-18-10-8-13(14)6-5-11-19/h7-10,12,19H,5-6,11H2,1-4H3/b9-7+. The van der Waals surface area contributed by atoms with Crippen molar-refractivity contribution in [3.63, 3.8) is 0 Å². The van der Waals surface area contributed by atoms with E-state index in [1.165, 1.54) is 5.56 Å². The molecule has 1 aliphatic rings. The second-order valence-electron chi connectivity index (χ2n) is 6.39. The first-order chi connectivity index (χ1) is 9.86. The summed E-state index contributed by atoms with van der Waals surface area (Å²) in [7, 11) is -0.346. The third-order valence-corrected chi connectivity index (χ3v) is 4.25. The minimum Gasteiger partial charge on any atom is -0.400 e. The highest BCUT2D eigenvalue weighted by atomic mass is 16.7. The van der Waals surface area contributed by atoms with Crippen molar-refractivity contribution in [2.75, 3.05) is 6.61 Å². The molecule has 2 rings (SSSR count). The Morgan fingerprint density at radius 2 is 1.90 bits per heavy atom. The maximum absolute atomic E-state index is 8.96. The van der Waals surface area contributed by atoms with Crippen molar-refractivity contribution in [1.82, 2.24) is 4.98 Å². The van der Waals surface area contributed by atoms with Crippen molar-refractivity contribution in [3.8, 4) is 0 Å². The molecule has 0 aliphatic carbocycles. The number of aliphatic hydroxyl groups is 1. The number of aromatic nitrogens is 1. The van der Waals surface area contributed by atoms with E-state index in [4.69, 9.17) is 14.4 Å². The molecular weight excluding hydrogens is 265 g/mol. The fraction of sp³-hybridized carbons (Fsp3) is 0.562. The summed E-state index contributed by atoms with van der Waals surface area (Å²) in [6, 6.07) is 1.99. The summed E-state index contributed by atoms with van der Waals surface area (Å²) in [6.07, 6.45) is 7.18. The molecule has 0 radical (unpaired) electrons. The summed E-state index contributed by atoms with van der Waals surface area (Å²) >= 11 is 0. The first-order valence-corrected chi connectivity index (χ1v) is 7.43. The number of hydrogen-bond donors (Lipinski definition) is 1. The Kier molecular flexibility index (Phi) is 4.86. The molecule has 0 saturated carbocycles. The van der Waals surface area contributed by atoms with E-state index in [1.807, 2.05) is 52.0 Å². The van der Waals surface area contributed by atoms with Gasteiger partial charge in [-0.2, -0.15) is 0 Å². The molecule has 1 fully saturated rings. The number of rotatable bonds is 5. The lowest BCUT2D eigenvalue weighted by atomic mass is 9.88. The molecule has 1 N–H and O–H groups in total. The fourth-order valence-corrected chi connectivity index (χ4v) is 2.23. The molecule has 0 atom stereocenters. The maximum atomic E-state index is 8.96. The molecule has 0 unspecified atom stereocenters. The Bertz CT molecular complexity index is 498. The molecular formula is C16H24BNO3. The number of hydrogen-bond acceptors (Lipinski definition) is 4. The van der Waals surface area contributed by atoms with E-state index in [0.717, 1.165) is 18.4 Å². The van der Waals surface area contributed by atoms with Crippen LogP contribution in [0.5, 0.6) is 0 Å². The number of aliphatic hydroxyl groups excluding tert-OH is 1. The van der Waals surface area contributed by atoms with Crippen LogP contribution in [0.3, 0.4) is 0 Å². The zero-order chi connectivity index (χ0) is 15.5. The van der Waals surface area contributed by atoms with Crippen LogP contribution in [0.25, 0.3) is 6.08 Å². The van der Waals surface area contributed by atoms with E-state index < -0.39 is 0 Å². The van der Waals surface area contributed by atoms with Gasteiger partial charge in [0, 0.05) is 19.0 Å². The summed E-state index contributed by atoms with van der Waals surface area (Å²) in [5, 5.41) is 8.96. The molecule has 0 amide bonds. The van der Waals surface area contributed by atoms with E-state index in [1.54, 1.807) is 6.20 Å². The van der Waals surface area contributed by atoms with Crippen molar-refractivity contribution in [1.29, 1.82) is 0 Å². The molecule has 5 heteroatoms. The molecule has 0 aromatic carbocycles. The molecule has 1 aromatic heterocycles. The summed E-state index contributed by atoms with van der Waals surface area (Å²) in [5.41, 5.74) is 1.57. The molecule has 1 aliphatic heterocycles. The number of aryl methyl sites for hydroxylation is 1.